The lowest BCUT2D eigenvalue weighted by atomic mass is 10.1. The Bertz CT molecular complexity index is 586. The van der Waals surface area contributed by atoms with Crippen molar-refractivity contribution < 1.29 is 19.1 Å². The molecule has 2 aliphatic rings. The Kier molecular flexibility index (Phi) is 5.23. The predicted octanol–water partition coefficient (Wildman–Crippen LogP) is 2.62. The third kappa shape index (κ3) is 3.53. The second-order valence-corrected chi connectivity index (χ2v) is 6.92. The van der Waals surface area contributed by atoms with Gasteiger partial charge in [-0.15, -0.1) is 11.8 Å². The molecule has 23 heavy (non-hydrogen) atoms. The molecule has 1 aromatic carbocycles. The van der Waals surface area contributed by atoms with E-state index < -0.39 is 0 Å². The molecule has 0 saturated carbocycles. The maximum Gasteiger partial charge on any atom is 0.306 e. The topological polar surface area (TPSA) is 55.8 Å². The quantitative estimate of drug-likeness (QED) is 0.748. The standard InChI is InChI=1S/C17H21NO4S/c1-21-15(19)8-10-23-17-14-7-3-2-6-13(14)16(20)18(17)11-12-5-4-9-22-12/h2-3,6-7,12,17H,4-5,8-11H2,1H3/t12-,17+/m0/s1. The molecule has 2 aliphatic heterocycles. The highest BCUT2D eigenvalue weighted by atomic mass is 32.2. The number of fused-ring (bicyclic) bond motifs is 1. The maximum atomic E-state index is 12.7. The van der Waals surface area contributed by atoms with Crippen molar-refractivity contribution in [3.8, 4) is 0 Å². The van der Waals surface area contributed by atoms with Gasteiger partial charge in [0.25, 0.3) is 5.91 Å². The van der Waals surface area contributed by atoms with E-state index in [-0.39, 0.29) is 23.4 Å². The molecule has 124 valence electrons. The fraction of sp³-hybridized carbons (Fsp3) is 0.529. The number of nitrogens with zero attached hydrogens (tertiary/aromatic N) is 1. The molecular weight excluding hydrogens is 314 g/mol. The molecule has 0 spiro atoms. The van der Waals surface area contributed by atoms with Crippen LogP contribution in [0.5, 0.6) is 0 Å². The SMILES string of the molecule is COC(=O)CCS[C@@H]1c2ccccc2C(=O)N1C[C@@H]1CCCO1. The number of benzene rings is 1. The molecule has 5 nitrogen and oxygen atoms in total. The number of thioether (sulfide) groups is 1. The van der Waals surface area contributed by atoms with E-state index in [1.54, 1.807) is 11.8 Å². The molecule has 0 aromatic heterocycles. The monoisotopic (exact) mass is 335 g/mol. The van der Waals surface area contributed by atoms with Crippen LogP contribution in [0, 0.1) is 0 Å². The van der Waals surface area contributed by atoms with E-state index in [0.29, 0.717) is 18.7 Å². The van der Waals surface area contributed by atoms with Crippen molar-refractivity contribution in [2.24, 2.45) is 0 Å². The number of esters is 1. The van der Waals surface area contributed by atoms with Crippen molar-refractivity contribution in [2.45, 2.75) is 30.7 Å². The second-order valence-electron chi connectivity index (χ2n) is 5.73. The lowest BCUT2D eigenvalue weighted by Crippen LogP contribution is -2.34. The fourth-order valence-corrected chi connectivity index (χ4v) is 4.31. The molecule has 0 bridgehead atoms. The Labute approximate surface area is 140 Å². The number of ether oxygens (including phenoxy) is 2. The summed E-state index contributed by atoms with van der Waals surface area (Å²) < 4.78 is 10.4. The predicted molar refractivity (Wildman–Crippen MR) is 88.3 cm³/mol. The smallest absolute Gasteiger partial charge is 0.306 e. The van der Waals surface area contributed by atoms with Crippen LogP contribution >= 0.6 is 11.8 Å². The summed E-state index contributed by atoms with van der Waals surface area (Å²) in [5.41, 5.74) is 1.80. The van der Waals surface area contributed by atoms with Gasteiger partial charge in [-0.2, -0.15) is 0 Å². The summed E-state index contributed by atoms with van der Waals surface area (Å²) in [7, 11) is 1.39. The van der Waals surface area contributed by atoms with Gasteiger partial charge in [0.1, 0.15) is 5.37 Å². The largest absolute Gasteiger partial charge is 0.469 e. The molecule has 2 atom stereocenters. The van der Waals surface area contributed by atoms with Crippen molar-refractivity contribution in [1.82, 2.24) is 4.90 Å². The molecule has 2 heterocycles. The first-order chi connectivity index (χ1) is 11.2. The van der Waals surface area contributed by atoms with Crippen LogP contribution < -0.4 is 0 Å². The molecule has 0 aliphatic carbocycles. The number of amides is 1. The van der Waals surface area contributed by atoms with Crippen LogP contribution in [0.4, 0.5) is 0 Å². The Morgan fingerprint density at radius 1 is 1.43 bits per heavy atom. The average Bonchev–Trinajstić information content (AvgIpc) is 3.17. The number of methoxy groups -OCH3 is 1. The van der Waals surface area contributed by atoms with Crippen LogP contribution in [-0.4, -0.2) is 48.9 Å². The lowest BCUT2D eigenvalue weighted by Gasteiger charge is -2.27. The molecule has 0 N–H and O–H groups in total. The zero-order chi connectivity index (χ0) is 16.2. The van der Waals surface area contributed by atoms with E-state index in [1.807, 2.05) is 29.2 Å². The van der Waals surface area contributed by atoms with Gasteiger partial charge in [0.05, 0.1) is 19.6 Å². The van der Waals surface area contributed by atoms with Crippen LogP contribution in [-0.2, 0) is 14.3 Å². The van der Waals surface area contributed by atoms with E-state index in [0.717, 1.165) is 30.6 Å². The summed E-state index contributed by atoms with van der Waals surface area (Å²) in [5, 5.41) is -0.0486. The highest BCUT2D eigenvalue weighted by Gasteiger charge is 2.38. The van der Waals surface area contributed by atoms with Crippen molar-refractivity contribution in [2.75, 3.05) is 26.0 Å². The highest BCUT2D eigenvalue weighted by molar-refractivity contribution is 7.99. The van der Waals surface area contributed by atoms with Gasteiger partial charge in [-0.25, -0.2) is 0 Å². The van der Waals surface area contributed by atoms with Gasteiger partial charge in [0.2, 0.25) is 0 Å². The summed E-state index contributed by atoms with van der Waals surface area (Å²) in [4.78, 5) is 25.9. The van der Waals surface area contributed by atoms with Gasteiger partial charge in [0, 0.05) is 24.5 Å². The number of hydrogen-bond donors (Lipinski definition) is 0. The average molecular weight is 335 g/mol. The second kappa shape index (κ2) is 7.36. The van der Waals surface area contributed by atoms with Crippen LogP contribution in [0.25, 0.3) is 0 Å². The van der Waals surface area contributed by atoms with Crippen LogP contribution in [0.2, 0.25) is 0 Å². The number of rotatable bonds is 6. The van der Waals surface area contributed by atoms with E-state index in [4.69, 9.17) is 4.74 Å². The van der Waals surface area contributed by atoms with Gasteiger partial charge >= 0.3 is 5.97 Å². The Morgan fingerprint density at radius 3 is 3.00 bits per heavy atom. The number of carbonyl (C=O) groups is 2. The summed E-state index contributed by atoms with van der Waals surface area (Å²) in [6, 6.07) is 7.72. The Hall–Kier alpha value is -1.53. The first kappa shape index (κ1) is 16.3. The first-order valence-corrected chi connectivity index (χ1v) is 8.95. The minimum atomic E-state index is -0.221. The molecule has 1 aromatic rings. The molecule has 0 unspecified atom stereocenters. The highest BCUT2D eigenvalue weighted by Crippen LogP contribution is 2.42. The maximum absolute atomic E-state index is 12.7. The van der Waals surface area contributed by atoms with Gasteiger partial charge < -0.3 is 14.4 Å². The summed E-state index contributed by atoms with van der Waals surface area (Å²) in [5.74, 6) is 0.466. The number of carbonyl (C=O) groups excluding carboxylic acids is 2. The van der Waals surface area contributed by atoms with Crippen molar-refractivity contribution in [1.29, 1.82) is 0 Å². The Morgan fingerprint density at radius 2 is 2.26 bits per heavy atom. The van der Waals surface area contributed by atoms with Crippen molar-refractivity contribution in [3.05, 3.63) is 35.4 Å². The van der Waals surface area contributed by atoms with Crippen LogP contribution in [0.1, 0.15) is 40.6 Å². The van der Waals surface area contributed by atoms with E-state index in [9.17, 15) is 9.59 Å². The van der Waals surface area contributed by atoms with Crippen LogP contribution in [0.3, 0.4) is 0 Å². The molecule has 0 radical (unpaired) electrons. The third-order valence-electron chi connectivity index (χ3n) is 4.24. The molecule has 6 heteroatoms. The molecule has 3 rings (SSSR count). The van der Waals surface area contributed by atoms with Gasteiger partial charge in [-0.05, 0) is 24.5 Å². The first-order valence-electron chi connectivity index (χ1n) is 7.90. The summed E-state index contributed by atoms with van der Waals surface area (Å²) >= 11 is 1.61. The molecule has 1 saturated heterocycles. The Balaban J connectivity index is 1.73. The van der Waals surface area contributed by atoms with Gasteiger partial charge in [-0.1, -0.05) is 18.2 Å². The van der Waals surface area contributed by atoms with Crippen molar-refractivity contribution >= 4 is 23.6 Å². The fourth-order valence-electron chi connectivity index (χ4n) is 3.06. The van der Waals surface area contributed by atoms with Gasteiger partial charge in [-0.3, -0.25) is 9.59 Å². The normalized spacial score (nSPS) is 23.2. The minimum Gasteiger partial charge on any atom is -0.469 e. The molecule has 1 amide bonds. The zero-order valence-corrected chi connectivity index (χ0v) is 14.0. The molecular formula is C17H21NO4S. The van der Waals surface area contributed by atoms with Crippen LogP contribution in [0.15, 0.2) is 24.3 Å². The van der Waals surface area contributed by atoms with Gasteiger partial charge in [0.15, 0.2) is 0 Å². The lowest BCUT2D eigenvalue weighted by molar-refractivity contribution is -0.140. The van der Waals surface area contributed by atoms with E-state index >= 15 is 0 Å². The number of hydrogen-bond acceptors (Lipinski definition) is 5. The van der Waals surface area contributed by atoms with Crippen molar-refractivity contribution in [3.63, 3.8) is 0 Å². The summed E-state index contributed by atoms with van der Waals surface area (Å²) in [6.45, 7) is 1.39. The molecule has 1 fully saturated rings. The van der Waals surface area contributed by atoms with E-state index in [2.05, 4.69) is 4.74 Å². The van der Waals surface area contributed by atoms with E-state index in [1.165, 1.54) is 7.11 Å². The third-order valence-corrected chi connectivity index (χ3v) is 5.50. The summed E-state index contributed by atoms with van der Waals surface area (Å²) in [6.07, 6.45) is 2.53. The zero-order valence-electron chi connectivity index (χ0n) is 13.2. The minimum absolute atomic E-state index is 0.0486.